The number of amides is 1. The van der Waals surface area contributed by atoms with Gasteiger partial charge in [-0.1, -0.05) is 25.6 Å². The summed E-state index contributed by atoms with van der Waals surface area (Å²) in [6.45, 7) is 10.3. The summed E-state index contributed by atoms with van der Waals surface area (Å²) in [5, 5.41) is 2.88. The van der Waals surface area contributed by atoms with Crippen LogP contribution in [0.4, 0.5) is 5.82 Å². The highest BCUT2D eigenvalue weighted by atomic mass is 16.1. The van der Waals surface area contributed by atoms with Crippen LogP contribution >= 0.6 is 0 Å². The van der Waals surface area contributed by atoms with Crippen molar-refractivity contribution in [1.82, 2.24) is 9.97 Å². The van der Waals surface area contributed by atoms with E-state index in [9.17, 15) is 4.79 Å². The standard InChI is InChI=1S/C25H31N3O/c1-5-7-23-21(6-2)22(14-15-26-23)20-11-9-19(10-12-20)18(4)25(29)28-24-13-8-17(3)16-27-24/h5,7-8,13-16,19-20H,4,6,9-12H2,1-3H3,(H,27,28,29)/b7-5-. The van der Waals surface area contributed by atoms with Crippen molar-refractivity contribution in [2.75, 3.05) is 5.32 Å². The molecule has 0 aliphatic heterocycles. The van der Waals surface area contributed by atoms with Gasteiger partial charge in [-0.3, -0.25) is 9.78 Å². The second-order valence-corrected chi connectivity index (χ2v) is 7.87. The number of pyridine rings is 2. The smallest absolute Gasteiger partial charge is 0.252 e. The normalized spacial score (nSPS) is 19.3. The van der Waals surface area contributed by atoms with Crippen LogP contribution < -0.4 is 5.32 Å². The molecule has 4 heteroatoms. The Hall–Kier alpha value is -2.75. The lowest BCUT2D eigenvalue weighted by atomic mass is 9.75. The first kappa shape index (κ1) is 21.0. The first-order valence-electron chi connectivity index (χ1n) is 10.6. The molecular weight excluding hydrogens is 358 g/mol. The van der Waals surface area contributed by atoms with E-state index in [2.05, 4.69) is 40.9 Å². The number of carbonyl (C=O) groups excluding carboxylic acids is 1. The Morgan fingerprint density at radius 3 is 2.59 bits per heavy atom. The summed E-state index contributed by atoms with van der Waals surface area (Å²) in [5.41, 5.74) is 5.61. The van der Waals surface area contributed by atoms with Crippen LogP contribution in [0.25, 0.3) is 6.08 Å². The van der Waals surface area contributed by atoms with Crippen LogP contribution in [0.2, 0.25) is 0 Å². The van der Waals surface area contributed by atoms with Gasteiger partial charge in [0.1, 0.15) is 5.82 Å². The highest BCUT2D eigenvalue weighted by molar-refractivity contribution is 6.03. The van der Waals surface area contributed by atoms with Crippen molar-refractivity contribution >= 4 is 17.8 Å². The van der Waals surface area contributed by atoms with Crippen LogP contribution in [-0.4, -0.2) is 15.9 Å². The van der Waals surface area contributed by atoms with Gasteiger partial charge in [0.15, 0.2) is 0 Å². The molecule has 0 atom stereocenters. The SMILES string of the molecule is C=C(C(=O)Nc1ccc(C)cn1)C1CCC(c2ccnc(/C=C\C)c2CC)CC1. The Balaban J connectivity index is 1.63. The maximum Gasteiger partial charge on any atom is 0.252 e. The molecule has 2 heterocycles. The fourth-order valence-corrected chi connectivity index (χ4v) is 4.27. The number of aryl methyl sites for hydroxylation is 1. The summed E-state index contributed by atoms with van der Waals surface area (Å²) in [5.74, 6) is 1.23. The van der Waals surface area contributed by atoms with Crippen molar-refractivity contribution in [2.24, 2.45) is 5.92 Å². The molecule has 0 bridgehead atoms. The summed E-state index contributed by atoms with van der Waals surface area (Å²) >= 11 is 0. The molecule has 4 nitrogen and oxygen atoms in total. The zero-order chi connectivity index (χ0) is 20.8. The van der Waals surface area contributed by atoms with Gasteiger partial charge in [0.05, 0.1) is 5.69 Å². The molecule has 1 N–H and O–H groups in total. The van der Waals surface area contributed by atoms with Crippen molar-refractivity contribution in [2.45, 2.75) is 58.8 Å². The molecule has 0 radical (unpaired) electrons. The van der Waals surface area contributed by atoms with E-state index in [0.29, 0.717) is 17.3 Å². The minimum atomic E-state index is -0.113. The molecule has 0 spiro atoms. The number of nitrogens with zero attached hydrogens (tertiary/aromatic N) is 2. The van der Waals surface area contributed by atoms with Crippen LogP contribution in [-0.2, 0) is 11.2 Å². The van der Waals surface area contributed by atoms with Gasteiger partial charge in [-0.2, -0.15) is 0 Å². The van der Waals surface area contributed by atoms with Crippen LogP contribution in [0.5, 0.6) is 0 Å². The highest BCUT2D eigenvalue weighted by Gasteiger charge is 2.28. The predicted octanol–water partition coefficient (Wildman–Crippen LogP) is 5.85. The lowest BCUT2D eigenvalue weighted by Gasteiger charge is -2.31. The number of hydrogen-bond acceptors (Lipinski definition) is 3. The molecule has 3 rings (SSSR count). The maximum absolute atomic E-state index is 12.6. The first-order chi connectivity index (χ1) is 14.0. The van der Waals surface area contributed by atoms with Crippen LogP contribution in [0.1, 0.15) is 67.8 Å². The zero-order valence-electron chi connectivity index (χ0n) is 17.7. The number of nitrogens with one attached hydrogen (secondary N) is 1. The third-order valence-corrected chi connectivity index (χ3v) is 5.91. The lowest BCUT2D eigenvalue weighted by molar-refractivity contribution is -0.113. The summed E-state index contributed by atoms with van der Waals surface area (Å²) in [4.78, 5) is 21.4. The van der Waals surface area contributed by atoms with Crippen LogP contribution in [0, 0.1) is 12.8 Å². The first-order valence-corrected chi connectivity index (χ1v) is 10.6. The fourth-order valence-electron chi connectivity index (χ4n) is 4.27. The van der Waals surface area contributed by atoms with Crippen LogP contribution in [0.15, 0.2) is 48.8 Å². The third kappa shape index (κ3) is 5.00. The summed E-state index contributed by atoms with van der Waals surface area (Å²) < 4.78 is 0. The van der Waals surface area contributed by atoms with E-state index in [1.54, 1.807) is 6.20 Å². The summed E-state index contributed by atoms with van der Waals surface area (Å²) in [6.07, 6.45) is 12.9. The number of carbonyl (C=O) groups is 1. The zero-order valence-corrected chi connectivity index (χ0v) is 17.7. The molecule has 1 fully saturated rings. The molecule has 1 amide bonds. The Morgan fingerprint density at radius 2 is 1.97 bits per heavy atom. The van der Waals surface area contributed by atoms with Crippen LogP contribution in [0.3, 0.4) is 0 Å². The van der Waals surface area contributed by atoms with E-state index in [4.69, 9.17) is 0 Å². The molecule has 29 heavy (non-hydrogen) atoms. The summed E-state index contributed by atoms with van der Waals surface area (Å²) in [7, 11) is 0. The van der Waals surface area contributed by atoms with Gasteiger partial charge < -0.3 is 5.32 Å². The van der Waals surface area contributed by atoms with Gasteiger partial charge in [-0.05, 0) is 92.7 Å². The molecule has 1 aliphatic carbocycles. The van der Waals surface area contributed by atoms with Gasteiger partial charge >= 0.3 is 0 Å². The minimum absolute atomic E-state index is 0.113. The second kappa shape index (κ2) is 9.64. The minimum Gasteiger partial charge on any atom is -0.307 e. The fraction of sp³-hybridized carbons (Fsp3) is 0.400. The van der Waals surface area contributed by atoms with Crippen molar-refractivity contribution in [1.29, 1.82) is 0 Å². The van der Waals surface area contributed by atoms with Gasteiger partial charge in [0.25, 0.3) is 5.91 Å². The van der Waals surface area contributed by atoms with Crippen molar-refractivity contribution in [3.05, 3.63) is 71.2 Å². The molecule has 0 aromatic carbocycles. The number of hydrogen-bond donors (Lipinski definition) is 1. The largest absolute Gasteiger partial charge is 0.307 e. The average molecular weight is 390 g/mol. The van der Waals surface area contributed by atoms with E-state index in [0.717, 1.165) is 43.4 Å². The molecule has 2 aromatic rings. The molecule has 1 aliphatic rings. The average Bonchev–Trinajstić information content (AvgIpc) is 2.75. The molecule has 1 saturated carbocycles. The quantitative estimate of drug-likeness (QED) is 0.631. The second-order valence-electron chi connectivity index (χ2n) is 7.87. The number of anilines is 1. The van der Waals surface area contributed by atoms with E-state index in [-0.39, 0.29) is 11.8 Å². The van der Waals surface area contributed by atoms with Gasteiger partial charge in [-0.25, -0.2) is 4.98 Å². The van der Waals surface area contributed by atoms with Crippen molar-refractivity contribution in [3.8, 4) is 0 Å². The number of rotatable bonds is 6. The molecular formula is C25H31N3O. The lowest BCUT2D eigenvalue weighted by Crippen LogP contribution is -2.24. The molecule has 2 aromatic heterocycles. The third-order valence-electron chi connectivity index (χ3n) is 5.91. The monoisotopic (exact) mass is 389 g/mol. The highest BCUT2D eigenvalue weighted by Crippen LogP contribution is 2.40. The van der Waals surface area contributed by atoms with E-state index in [1.807, 2.05) is 38.3 Å². The maximum atomic E-state index is 12.6. The Labute approximate surface area is 174 Å². The Kier molecular flexibility index (Phi) is 6.97. The number of allylic oxidation sites excluding steroid dienone is 1. The van der Waals surface area contributed by atoms with E-state index >= 15 is 0 Å². The van der Waals surface area contributed by atoms with Gasteiger partial charge in [-0.15, -0.1) is 0 Å². The van der Waals surface area contributed by atoms with Gasteiger partial charge in [0.2, 0.25) is 0 Å². The van der Waals surface area contributed by atoms with Gasteiger partial charge in [0, 0.05) is 18.0 Å². The van der Waals surface area contributed by atoms with Crippen molar-refractivity contribution < 1.29 is 4.79 Å². The van der Waals surface area contributed by atoms with E-state index in [1.165, 1.54) is 11.1 Å². The topological polar surface area (TPSA) is 54.9 Å². The molecule has 0 saturated heterocycles. The molecule has 0 unspecified atom stereocenters. The van der Waals surface area contributed by atoms with E-state index < -0.39 is 0 Å². The Morgan fingerprint density at radius 1 is 1.21 bits per heavy atom. The molecule has 152 valence electrons. The van der Waals surface area contributed by atoms with Crippen molar-refractivity contribution in [3.63, 3.8) is 0 Å². The number of aromatic nitrogens is 2. The Bertz CT molecular complexity index is 891. The summed E-state index contributed by atoms with van der Waals surface area (Å²) in [6, 6.07) is 5.95. The predicted molar refractivity (Wildman–Crippen MR) is 120 cm³/mol.